The van der Waals surface area contributed by atoms with E-state index >= 15 is 0 Å². The van der Waals surface area contributed by atoms with Crippen molar-refractivity contribution in [2.75, 3.05) is 5.32 Å². The van der Waals surface area contributed by atoms with Crippen LogP contribution in [0.25, 0.3) is 11.3 Å². The molecular weight excluding hydrogens is 298 g/mol. The highest BCUT2D eigenvalue weighted by Crippen LogP contribution is 2.19. The first-order chi connectivity index (χ1) is 10.7. The number of hydrogen-bond acceptors (Lipinski definition) is 2. The maximum absolute atomic E-state index is 12.0. The van der Waals surface area contributed by atoms with Gasteiger partial charge in [0, 0.05) is 10.7 Å². The number of carbonyl (C=O) groups excluding carboxylic acids is 1. The third-order valence-corrected chi connectivity index (χ3v) is 3.51. The van der Waals surface area contributed by atoms with Crippen LogP contribution in [0.5, 0.6) is 0 Å². The van der Waals surface area contributed by atoms with E-state index in [0.717, 1.165) is 22.5 Å². The number of H-pyrrole nitrogens is 1. The van der Waals surface area contributed by atoms with Crippen LogP contribution >= 0.6 is 11.6 Å². The maximum Gasteiger partial charge on any atom is 0.228 e. The van der Waals surface area contributed by atoms with Crippen LogP contribution in [0, 0.1) is 0 Å². The number of aromatic nitrogens is 2. The van der Waals surface area contributed by atoms with E-state index in [-0.39, 0.29) is 5.91 Å². The van der Waals surface area contributed by atoms with Gasteiger partial charge in [-0.05, 0) is 35.4 Å². The van der Waals surface area contributed by atoms with Gasteiger partial charge in [-0.2, -0.15) is 0 Å². The number of nitrogens with zero attached hydrogens (tertiary/aromatic N) is 1. The van der Waals surface area contributed by atoms with Crippen LogP contribution in [-0.2, 0) is 11.2 Å². The third-order valence-electron chi connectivity index (χ3n) is 3.26. The lowest BCUT2D eigenvalue weighted by Gasteiger charge is -2.06. The lowest BCUT2D eigenvalue weighted by Crippen LogP contribution is -2.14. The summed E-state index contributed by atoms with van der Waals surface area (Å²) in [6.45, 7) is 0. The molecule has 3 rings (SSSR count). The minimum atomic E-state index is -0.0587. The molecular formula is C17H14ClN3O. The molecule has 0 unspecified atom stereocenters. The molecule has 22 heavy (non-hydrogen) atoms. The molecule has 2 N–H and O–H groups in total. The molecule has 1 aromatic heterocycles. The van der Waals surface area contributed by atoms with Crippen molar-refractivity contribution in [3.63, 3.8) is 0 Å². The normalized spacial score (nSPS) is 10.4. The lowest BCUT2D eigenvalue weighted by molar-refractivity contribution is -0.115. The quantitative estimate of drug-likeness (QED) is 0.767. The predicted octanol–water partition coefficient (Wildman–Crippen LogP) is 3.91. The second kappa shape index (κ2) is 6.45. The number of benzene rings is 2. The second-order valence-corrected chi connectivity index (χ2v) is 5.33. The zero-order valence-electron chi connectivity index (χ0n) is 11.7. The van der Waals surface area contributed by atoms with Crippen molar-refractivity contribution in [1.82, 2.24) is 9.97 Å². The zero-order valence-corrected chi connectivity index (χ0v) is 12.5. The van der Waals surface area contributed by atoms with E-state index in [2.05, 4.69) is 15.3 Å². The topological polar surface area (TPSA) is 57.8 Å². The Morgan fingerprint density at radius 3 is 2.45 bits per heavy atom. The fraction of sp³-hybridized carbons (Fsp3) is 0.0588. The molecule has 5 heteroatoms. The van der Waals surface area contributed by atoms with Crippen LogP contribution in [0.1, 0.15) is 5.56 Å². The highest BCUT2D eigenvalue weighted by Gasteiger charge is 2.05. The van der Waals surface area contributed by atoms with Gasteiger partial charge in [-0.1, -0.05) is 35.9 Å². The van der Waals surface area contributed by atoms with Crippen molar-refractivity contribution in [3.05, 3.63) is 71.6 Å². The van der Waals surface area contributed by atoms with E-state index in [4.69, 9.17) is 11.6 Å². The van der Waals surface area contributed by atoms with Crippen molar-refractivity contribution < 1.29 is 4.79 Å². The Balaban J connectivity index is 1.63. The van der Waals surface area contributed by atoms with Crippen molar-refractivity contribution in [3.8, 4) is 11.3 Å². The molecule has 0 aliphatic rings. The summed E-state index contributed by atoms with van der Waals surface area (Å²) in [4.78, 5) is 19.0. The summed E-state index contributed by atoms with van der Waals surface area (Å²) in [6, 6.07) is 14.9. The van der Waals surface area contributed by atoms with E-state index < -0.39 is 0 Å². The molecule has 0 saturated heterocycles. The van der Waals surface area contributed by atoms with Gasteiger partial charge in [0.1, 0.15) is 0 Å². The van der Waals surface area contributed by atoms with Gasteiger partial charge in [-0.3, -0.25) is 4.79 Å². The molecule has 3 aromatic rings. The molecule has 0 radical (unpaired) electrons. The number of nitrogens with one attached hydrogen (secondary N) is 2. The summed E-state index contributed by atoms with van der Waals surface area (Å²) in [5.41, 5.74) is 3.66. The second-order valence-electron chi connectivity index (χ2n) is 4.89. The summed E-state index contributed by atoms with van der Waals surface area (Å²) in [5.74, 6) is -0.0587. The van der Waals surface area contributed by atoms with E-state index in [0.29, 0.717) is 11.4 Å². The minimum absolute atomic E-state index is 0.0587. The molecule has 0 aliphatic carbocycles. The average molecular weight is 312 g/mol. The van der Waals surface area contributed by atoms with Crippen molar-refractivity contribution in [2.24, 2.45) is 0 Å². The van der Waals surface area contributed by atoms with Crippen LogP contribution in [0.3, 0.4) is 0 Å². The Bertz CT molecular complexity index is 750. The zero-order chi connectivity index (χ0) is 15.4. The molecule has 1 amide bonds. The third kappa shape index (κ3) is 3.54. The number of anilines is 1. The van der Waals surface area contributed by atoms with Crippen molar-refractivity contribution >= 4 is 23.2 Å². The number of halogens is 1. The predicted molar refractivity (Wildman–Crippen MR) is 87.8 cm³/mol. The molecule has 0 atom stereocenters. The van der Waals surface area contributed by atoms with Crippen LogP contribution in [0.2, 0.25) is 5.02 Å². The van der Waals surface area contributed by atoms with Crippen LogP contribution < -0.4 is 5.32 Å². The molecule has 110 valence electrons. The monoisotopic (exact) mass is 311 g/mol. The Labute approximate surface area is 133 Å². The minimum Gasteiger partial charge on any atom is -0.345 e. The lowest BCUT2D eigenvalue weighted by atomic mass is 10.1. The fourth-order valence-electron chi connectivity index (χ4n) is 2.14. The fourth-order valence-corrected chi connectivity index (χ4v) is 2.27. The van der Waals surface area contributed by atoms with Gasteiger partial charge in [-0.15, -0.1) is 0 Å². The molecule has 1 heterocycles. The SMILES string of the molecule is O=C(Cc1ccc(Cl)cc1)Nc1ccc(-c2cnc[nH]2)cc1. The summed E-state index contributed by atoms with van der Waals surface area (Å²) >= 11 is 5.83. The van der Waals surface area contributed by atoms with Gasteiger partial charge >= 0.3 is 0 Å². The average Bonchev–Trinajstić information content (AvgIpc) is 3.05. The van der Waals surface area contributed by atoms with E-state index in [1.807, 2.05) is 36.4 Å². The van der Waals surface area contributed by atoms with Gasteiger partial charge in [0.25, 0.3) is 0 Å². The van der Waals surface area contributed by atoms with Crippen LogP contribution in [0.15, 0.2) is 61.1 Å². The van der Waals surface area contributed by atoms with Crippen LogP contribution in [0.4, 0.5) is 5.69 Å². The molecule has 0 aliphatic heterocycles. The van der Waals surface area contributed by atoms with Gasteiger partial charge in [0.05, 0.1) is 24.6 Å². The van der Waals surface area contributed by atoms with Gasteiger partial charge in [0.2, 0.25) is 5.91 Å². The highest BCUT2D eigenvalue weighted by molar-refractivity contribution is 6.30. The summed E-state index contributed by atoms with van der Waals surface area (Å²) in [7, 11) is 0. The summed E-state index contributed by atoms with van der Waals surface area (Å²) < 4.78 is 0. The number of aromatic amines is 1. The molecule has 0 saturated carbocycles. The Morgan fingerprint density at radius 2 is 1.82 bits per heavy atom. The Hall–Kier alpha value is -2.59. The van der Waals surface area contributed by atoms with Gasteiger partial charge in [0.15, 0.2) is 0 Å². The Kier molecular flexibility index (Phi) is 4.21. The van der Waals surface area contributed by atoms with Crippen molar-refractivity contribution in [1.29, 1.82) is 0 Å². The number of imidazole rings is 1. The van der Waals surface area contributed by atoms with E-state index in [9.17, 15) is 4.79 Å². The molecule has 2 aromatic carbocycles. The van der Waals surface area contributed by atoms with E-state index in [1.165, 1.54) is 0 Å². The highest BCUT2D eigenvalue weighted by atomic mass is 35.5. The first-order valence-corrected chi connectivity index (χ1v) is 7.21. The van der Waals surface area contributed by atoms with E-state index in [1.54, 1.807) is 24.7 Å². The first kappa shape index (κ1) is 14.4. The summed E-state index contributed by atoms with van der Waals surface area (Å²) in [6.07, 6.45) is 3.71. The number of rotatable bonds is 4. The standard InChI is InChI=1S/C17H14ClN3O/c18-14-5-1-12(2-6-14)9-17(22)21-15-7-3-13(4-8-15)16-10-19-11-20-16/h1-8,10-11H,9H2,(H,19,20)(H,21,22). The first-order valence-electron chi connectivity index (χ1n) is 6.84. The number of hydrogen-bond donors (Lipinski definition) is 2. The molecule has 4 nitrogen and oxygen atoms in total. The smallest absolute Gasteiger partial charge is 0.228 e. The maximum atomic E-state index is 12.0. The molecule has 0 spiro atoms. The number of amides is 1. The summed E-state index contributed by atoms with van der Waals surface area (Å²) in [5, 5.41) is 3.55. The van der Waals surface area contributed by atoms with Gasteiger partial charge < -0.3 is 10.3 Å². The molecule has 0 bridgehead atoms. The largest absolute Gasteiger partial charge is 0.345 e. The van der Waals surface area contributed by atoms with Crippen LogP contribution in [-0.4, -0.2) is 15.9 Å². The molecule has 0 fully saturated rings. The van der Waals surface area contributed by atoms with Crippen molar-refractivity contribution in [2.45, 2.75) is 6.42 Å². The number of carbonyl (C=O) groups is 1. The van der Waals surface area contributed by atoms with Gasteiger partial charge in [-0.25, -0.2) is 4.98 Å². The Morgan fingerprint density at radius 1 is 1.09 bits per heavy atom.